The molecule has 2 N–H and O–H groups in total. The van der Waals surface area contributed by atoms with E-state index in [-0.39, 0.29) is 0 Å². The summed E-state index contributed by atoms with van der Waals surface area (Å²) in [5.74, 6) is 0. The summed E-state index contributed by atoms with van der Waals surface area (Å²) in [5, 5.41) is 0. The first-order valence-corrected chi connectivity index (χ1v) is 7.20. The summed E-state index contributed by atoms with van der Waals surface area (Å²) < 4.78 is 0. The first-order valence-electron chi connectivity index (χ1n) is 7.20. The third-order valence-electron chi connectivity index (χ3n) is 4.22. The van der Waals surface area contributed by atoms with Crippen LogP contribution >= 0.6 is 0 Å². The fraction of sp³-hybridized carbons (Fsp3) is 0.625. The lowest BCUT2D eigenvalue weighted by Gasteiger charge is -2.28. The molecule has 0 bridgehead atoms. The highest BCUT2D eigenvalue weighted by atomic mass is 15.2. The molecular formula is C16H27N3. The average molecular weight is 261 g/mol. The van der Waals surface area contributed by atoms with Crippen LogP contribution in [-0.4, -0.2) is 49.6 Å². The van der Waals surface area contributed by atoms with Gasteiger partial charge in [0.15, 0.2) is 0 Å². The van der Waals surface area contributed by atoms with Gasteiger partial charge >= 0.3 is 0 Å². The maximum absolute atomic E-state index is 6.05. The minimum Gasteiger partial charge on any atom is -0.329 e. The van der Waals surface area contributed by atoms with Crippen molar-refractivity contribution in [3.63, 3.8) is 0 Å². The summed E-state index contributed by atoms with van der Waals surface area (Å²) in [6.07, 6.45) is 1.24. The fourth-order valence-corrected chi connectivity index (χ4v) is 3.17. The van der Waals surface area contributed by atoms with Gasteiger partial charge in [0, 0.05) is 31.7 Å². The third-order valence-corrected chi connectivity index (χ3v) is 4.22. The number of likely N-dealkylation sites (tertiary alicyclic amines) is 1. The second-order valence-corrected chi connectivity index (χ2v) is 6.07. The van der Waals surface area contributed by atoms with E-state index >= 15 is 0 Å². The van der Waals surface area contributed by atoms with E-state index in [0.717, 1.165) is 13.1 Å². The van der Waals surface area contributed by atoms with Gasteiger partial charge in [0.05, 0.1) is 0 Å². The van der Waals surface area contributed by atoms with E-state index in [2.05, 4.69) is 55.9 Å². The number of nitrogens with zero attached hydrogens (tertiary/aromatic N) is 2. The van der Waals surface area contributed by atoms with Crippen LogP contribution in [0.3, 0.4) is 0 Å². The predicted octanol–water partition coefficient (Wildman–Crippen LogP) is 1.94. The first kappa shape index (κ1) is 14.5. The molecule has 1 heterocycles. The zero-order valence-electron chi connectivity index (χ0n) is 12.7. The van der Waals surface area contributed by atoms with E-state index in [1.165, 1.54) is 23.1 Å². The van der Waals surface area contributed by atoms with Crippen molar-refractivity contribution in [2.45, 2.75) is 32.4 Å². The zero-order valence-corrected chi connectivity index (χ0v) is 12.7. The first-order chi connectivity index (χ1) is 9.01. The highest BCUT2D eigenvalue weighted by Gasteiger charge is 2.29. The van der Waals surface area contributed by atoms with Gasteiger partial charge < -0.3 is 10.6 Å². The van der Waals surface area contributed by atoms with E-state index in [1.807, 2.05) is 0 Å². The molecule has 1 aromatic carbocycles. The Morgan fingerprint density at radius 1 is 1.26 bits per heavy atom. The van der Waals surface area contributed by atoms with Crippen molar-refractivity contribution in [2.75, 3.05) is 33.7 Å². The predicted molar refractivity (Wildman–Crippen MR) is 81.4 cm³/mol. The molecule has 0 amide bonds. The maximum atomic E-state index is 6.05. The van der Waals surface area contributed by atoms with Crippen LogP contribution in [0.15, 0.2) is 18.2 Å². The van der Waals surface area contributed by atoms with E-state index in [9.17, 15) is 0 Å². The van der Waals surface area contributed by atoms with Crippen LogP contribution in [0.5, 0.6) is 0 Å². The molecular weight excluding hydrogens is 234 g/mol. The standard InChI is InChI=1S/C16H27N3/c1-12-7-13(2)9-14(8-12)16(10-17)19-6-5-15(11-19)18(3)4/h7-9,15-16H,5-6,10-11,17H2,1-4H3. The lowest BCUT2D eigenvalue weighted by atomic mass is 10.0. The van der Waals surface area contributed by atoms with Crippen LogP contribution in [0.4, 0.5) is 0 Å². The number of benzene rings is 1. The Morgan fingerprint density at radius 3 is 2.37 bits per heavy atom. The number of hydrogen-bond donors (Lipinski definition) is 1. The molecule has 3 heteroatoms. The fourth-order valence-electron chi connectivity index (χ4n) is 3.17. The maximum Gasteiger partial charge on any atom is 0.0471 e. The quantitative estimate of drug-likeness (QED) is 0.899. The molecule has 0 aromatic heterocycles. The van der Waals surface area contributed by atoms with Crippen LogP contribution in [0.1, 0.15) is 29.2 Å². The molecule has 19 heavy (non-hydrogen) atoms. The molecule has 1 aliphatic rings. The molecule has 0 spiro atoms. The monoisotopic (exact) mass is 261 g/mol. The van der Waals surface area contributed by atoms with Gasteiger partial charge in [0.25, 0.3) is 0 Å². The Morgan fingerprint density at radius 2 is 1.89 bits per heavy atom. The van der Waals surface area contributed by atoms with Gasteiger partial charge in [-0.2, -0.15) is 0 Å². The number of aryl methyl sites for hydroxylation is 2. The Kier molecular flexibility index (Phi) is 4.61. The van der Waals surface area contributed by atoms with E-state index in [0.29, 0.717) is 18.6 Å². The van der Waals surface area contributed by atoms with Crippen LogP contribution in [0, 0.1) is 13.8 Å². The van der Waals surface area contributed by atoms with Gasteiger partial charge in [-0.05, 0) is 39.9 Å². The van der Waals surface area contributed by atoms with Gasteiger partial charge in [-0.15, -0.1) is 0 Å². The van der Waals surface area contributed by atoms with Crippen molar-refractivity contribution in [1.29, 1.82) is 0 Å². The molecule has 1 aliphatic heterocycles. The van der Waals surface area contributed by atoms with Crippen molar-refractivity contribution in [3.8, 4) is 0 Å². The normalized spacial score (nSPS) is 22.1. The summed E-state index contributed by atoms with van der Waals surface area (Å²) in [7, 11) is 4.34. The SMILES string of the molecule is Cc1cc(C)cc(C(CN)N2CCC(N(C)C)C2)c1. The summed E-state index contributed by atoms with van der Waals surface area (Å²) in [6, 6.07) is 7.83. The number of rotatable bonds is 4. The molecule has 0 aliphatic carbocycles. The largest absolute Gasteiger partial charge is 0.329 e. The Bertz CT molecular complexity index is 408. The van der Waals surface area contributed by atoms with Crippen LogP contribution in [0.2, 0.25) is 0 Å². The topological polar surface area (TPSA) is 32.5 Å². The Hall–Kier alpha value is -0.900. The van der Waals surface area contributed by atoms with Crippen LogP contribution in [0.25, 0.3) is 0 Å². The lowest BCUT2D eigenvalue weighted by Crippen LogP contribution is -2.36. The molecule has 1 saturated heterocycles. The minimum atomic E-state index is 0.364. The number of nitrogens with two attached hydrogens (primary N) is 1. The van der Waals surface area contributed by atoms with Crippen molar-refractivity contribution in [2.24, 2.45) is 5.73 Å². The summed E-state index contributed by atoms with van der Waals surface area (Å²) in [6.45, 7) is 7.30. The van der Waals surface area contributed by atoms with Gasteiger partial charge in [-0.1, -0.05) is 29.3 Å². The summed E-state index contributed by atoms with van der Waals surface area (Å²) in [4.78, 5) is 4.87. The average Bonchev–Trinajstić information content (AvgIpc) is 2.78. The summed E-state index contributed by atoms with van der Waals surface area (Å²) >= 11 is 0. The molecule has 106 valence electrons. The number of hydrogen-bond acceptors (Lipinski definition) is 3. The second-order valence-electron chi connectivity index (χ2n) is 6.07. The highest BCUT2D eigenvalue weighted by molar-refractivity contribution is 5.31. The van der Waals surface area contributed by atoms with Gasteiger partial charge in [-0.25, -0.2) is 0 Å². The zero-order chi connectivity index (χ0) is 14.0. The van der Waals surface area contributed by atoms with Crippen LogP contribution in [-0.2, 0) is 0 Å². The molecule has 1 aromatic rings. The molecule has 0 radical (unpaired) electrons. The van der Waals surface area contributed by atoms with E-state index in [1.54, 1.807) is 0 Å². The van der Waals surface area contributed by atoms with Crippen molar-refractivity contribution >= 4 is 0 Å². The molecule has 0 saturated carbocycles. The molecule has 1 fully saturated rings. The van der Waals surface area contributed by atoms with Gasteiger partial charge in [0.1, 0.15) is 0 Å². The Balaban J connectivity index is 2.16. The molecule has 3 nitrogen and oxygen atoms in total. The van der Waals surface area contributed by atoms with Crippen LogP contribution < -0.4 is 5.73 Å². The molecule has 2 rings (SSSR count). The molecule has 2 unspecified atom stereocenters. The van der Waals surface area contributed by atoms with Crippen molar-refractivity contribution < 1.29 is 0 Å². The second kappa shape index (κ2) is 6.04. The van der Waals surface area contributed by atoms with E-state index < -0.39 is 0 Å². The highest BCUT2D eigenvalue weighted by Crippen LogP contribution is 2.27. The minimum absolute atomic E-state index is 0.364. The Labute approximate surface area is 117 Å². The summed E-state index contributed by atoms with van der Waals surface area (Å²) in [5.41, 5.74) is 10.1. The third kappa shape index (κ3) is 3.35. The smallest absolute Gasteiger partial charge is 0.0471 e. The van der Waals surface area contributed by atoms with Gasteiger partial charge in [-0.3, -0.25) is 4.90 Å². The van der Waals surface area contributed by atoms with Crippen molar-refractivity contribution in [1.82, 2.24) is 9.80 Å². The molecule has 2 atom stereocenters. The number of likely N-dealkylation sites (N-methyl/N-ethyl adjacent to an activating group) is 1. The van der Waals surface area contributed by atoms with E-state index in [4.69, 9.17) is 5.73 Å². The van der Waals surface area contributed by atoms with Gasteiger partial charge in [0.2, 0.25) is 0 Å². The lowest BCUT2D eigenvalue weighted by molar-refractivity contribution is 0.220. The van der Waals surface area contributed by atoms with Crippen molar-refractivity contribution in [3.05, 3.63) is 34.9 Å².